The number of unbranched alkanes of at least 4 members (excludes halogenated alkanes) is 1. The van der Waals surface area contributed by atoms with Crippen molar-refractivity contribution in [2.45, 2.75) is 52.9 Å². The van der Waals surface area contributed by atoms with E-state index in [2.05, 4.69) is 32.9 Å². The highest BCUT2D eigenvalue weighted by molar-refractivity contribution is 6.32. The molecule has 0 amide bonds. The molecule has 102 valence electrons. The van der Waals surface area contributed by atoms with Crippen molar-refractivity contribution in [1.29, 1.82) is 0 Å². The molecule has 0 bridgehead atoms. The predicted molar refractivity (Wildman–Crippen MR) is 81.4 cm³/mol. The first kappa shape index (κ1) is 15.5. The normalized spacial score (nSPS) is 11.2. The number of hydrogen-bond acceptors (Lipinski definition) is 1. The van der Waals surface area contributed by atoms with Crippen LogP contribution in [0.3, 0.4) is 0 Å². The van der Waals surface area contributed by atoms with E-state index in [0.29, 0.717) is 5.92 Å². The predicted octanol–water partition coefficient (Wildman–Crippen LogP) is 4.38. The Morgan fingerprint density at radius 2 is 1.83 bits per heavy atom. The van der Waals surface area contributed by atoms with Gasteiger partial charge in [-0.25, -0.2) is 0 Å². The SMILES string of the molecule is CCc1cc(CCCCN)cc(CC(C)C)c1Cl. The van der Waals surface area contributed by atoms with Crippen molar-refractivity contribution in [2.24, 2.45) is 11.7 Å². The Hall–Kier alpha value is -0.530. The van der Waals surface area contributed by atoms with E-state index in [1.807, 2.05) is 0 Å². The van der Waals surface area contributed by atoms with Crippen LogP contribution in [-0.4, -0.2) is 6.54 Å². The Morgan fingerprint density at radius 3 is 2.39 bits per heavy atom. The van der Waals surface area contributed by atoms with Crippen LogP contribution in [0.25, 0.3) is 0 Å². The molecular weight excluding hydrogens is 242 g/mol. The van der Waals surface area contributed by atoms with Gasteiger partial charge < -0.3 is 5.73 Å². The van der Waals surface area contributed by atoms with E-state index >= 15 is 0 Å². The highest BCUT2D eigenvalue weighted by Gasteiger charge is 2.09. The topological polar surface area (TPSA) is 26.0 Å². The summed E-state index contributed by atoms with van der Waals surface area (Å²) in [6.45, 7) is 7.43. The largest absolute Gasteiger partial charge is 0.330 e. The van der Waals surface area contributed by atoms with Crippen molar-refractivity contribution in [1.82, 2.24) is 0 Å². The van der Waals surface area contributed by atoms with Crippen LogP contribution in [0.2, 0.25) is 5.02 Å². The molecule has 1 aromatic rings. The molecule has 2 heteroatoms. The van der Waals surface area contributed by atoms with E-state index in [1.165, 1.54) is 23.1 Å². The summed E-state index contributed by atoms with van der Waals surface area (Å²) in [6, 6.07) is 4.56. The summed E-state index contributed by atoms with van der Waals surface area (Å²) in [5, 5.41) is 0.980. The first-order chi connectivity index (χ1) is 8.58. The van der Waals surface area contributed by atoms with Crippen molar-refractivity contribution < 1.29 is 0 Å². The zero-order valence-corrected chi connectivity index (χ0v) is 12.7. The fourth-order valence-electron chi connectivity index (χ4n) is 2.29. The van der Waals surface area contributed by atoms with Crippen LogP contribution in [0, 0.1) is 5.92 Å². The fourth-order valence-corrected chi connectivity index (χ4v) is 2.61. The van der Waals surface area contributed by atoms with Crippen LogP contribution < -0.4 is 5.73 Å². The first-order valence-electron chi connectivity index (χ1n) is 7.08. The van der Waals surface area contributed by atoms with Gasteiger partial charge >= 0.3 is 0 Å². The molecule has 0 radical (unpaired) electrons. The molecule has 1 rings (SSSR count). The molecule has 0 aliphatic carbocycles. The lowest BCUT2D eigenvalue weighted by Gasteiger charge is -2.14. The summed E-state index contributed by atoms with van der Waals surface area (Å²) < 4.78 is 0. The van der Waals surface area contributed by atoms with Crippen molar-refractivity contribution in [3.8, 4) is 0 Å². The molecule has 0 spiro atoms. The molecule has 0 aliphatic heterocycles. The lowest BCUT2D eigenvalue weighted by molar-refractivity contribution is 0.645. The van der Waals surface area contributed by atoms with Gasteiger partial charge in [-0.1, -0.05) is 44.5 Å². The zero-order chi connectivity index (χ0) is 13.5. The number of nitrogens with two attached hydrogens (primary N) is 1. The third-order valence-corrected chi connectivity index (χ3v) is 3.70. The molecule has 0 atom stereocenters. The standard InChI is InChI=1S/C16H26ClN/c1-4-14-10-13(7-5-6-8-18)11-15(16(14)17)9-12(2)3/h10-12H,4-9,18H2,1-3H3. The first-order valence-corrected chi connectivity index (χ1v) is 7.46. The molecule has 0 fully saturated rings. The molecule has 0 unspecified atom stereocenters. The highest BCUT2D eigenvalue weighted by Crippen LogP contribution is 2.27. The van der Waals surface area contributed by atoms with Crippen LogP contribution >= 0.6 is 11.6 Å². The Morgan fingerprint density at radius 1 is 1.17 bits per heavy atom. The van der Waals surface area contributed by atoms with Crippen molar-refractivity contribution >= 4 is 11.6 Å². The van der Waals surface area contributed by atoms with E-state index in [-0.39, 0.29) is 0 Å². The number of rotatable bonds is 7. The Labute approximate surface area is 117 Å². The van der Waals surface area contributed by atoms with E-state index < -0.39 is 0 Å². The van der Waals surface area contributed by atoms with E-state index in [9.17, 15) is 0 Å². The molecular formula is C16H26ClN. The maximum Gasteiger partial charge on any atom is 0.0470 e. The van der Waals surface area contributed by atoms with Crippen LogP contribution in [0.1, 0.15) is 50.3 Å². The molecule has 0 aliphatic rings. The van der Waals surface area contributed by atoms with Crippen LogP contribution in [0.4, 0.5) is 0 Å². The maximum absolute atomic E-state index is 6.47. The molecule has 0 aromatic heterocycles. The molecule has 0 saturated heterocycles. The van der Waals surface area contributed by atoms with Crippen LogP contribution in [0.15, 0.2) is 12.1 Å². The van der Waals surface area contributed by atoms with Gasteiger partial charge in [0, 0.05) is 5.02 Å². The minimum atomic E-state index is 0.645. The van der Waals surface area contributed by atoms with Crippen molar-refractivity contribution in [3.05, 3.63) is 33.8 Å². The summed E-state index contributed by atoms with van der Waals surface area (Å²) in [4.78, 5) is 0. The minimum Gasteiger partial charge on any atom is -0.330 e. The van der Waals surface area contributed by atoms with Gasteiger partial charge in [-0.3, -0.25) is 0 Å². The maximum atomic E-state index is 6.47. The third-order valence-electron chi connectivity index (χ3n) is 3.21. The lowest BCUT2D eigenvalue weighted by Crippen LogP contribution is -2.02. The summed E-state index contributed by atoms with van der Waals surface area (Å²) in [5.74, 6) is 0.645. The van der Waals surface area contributed by atoms with Crippen LogP contribution in [-0.2, 0) is 19.3 Å². The van der Waals surface area contributed by atoms with Gasteiger partial charge in [0.25, 0.3) is 0 Å². The molecule has 0 saturated carbocycles. The van der Waals surface area contributed by atoms with Gasteiger partial charge in [-0.15, -0.1) is 0 Å². The summed E-state index contributed by atoms with van der Waals surface area (Å²) >= 11 is 6.47. The zero-order valence-electron chi connectivity index (χ0n) is 11.9. The lowest BCUT2D eigenvalue weighted by atomic mass is 9.95. The smallest absolute Gasteiger partial charge is 0.0470 e. The van der Waals surface area contributed by atoms with Gasteiger partial charge in [0.15, 0.2) is 0 Å². The summed E-state index contributed by atoms with van der Waals surface area (Å²) in [7, 11) is 0. The second-order valence-corrected chi connectivity index (χ2v) is 5.80. The third kappa shape index (κ3) is 4.62. The van der Waals surface area contributed by atoms with E-state index in [1.54, 1.807) is 0 Å². The van der Waals surface area contributed by atoms with Crippen LogP contribution in [0.5, 0.6) is 0 Å². The average molecular weight is 268 g/mol. The van der Waals surface area contributed by atoms with Gasteiger partial charge in [-0.05, 0) is 61.3 Å². The molecule has 1 nitrogen and oxygen atoms in total. The van der Waals surface area contributed by atoms with E-state index in [0.717, 1.165) is 37.3 Å². The molecule has 2 N–H and O–H groups in total. The van der Waals surface area contributed by atoms with Gasteiger partial charge in [0.2, 0.25) is 0 Å². The quantitative estimate of drug-likeness (QED) is 0.729. The van der Waals surface area contributed by atoms with Crippen molar-refractivity contribution in [3.63, 3.8) is 0 Å². The Balaban J connectivity index is 2.90. The monoisotopic (exact) mass is 267 g/mol. The van der Waals surface area contributed by atoms with Crippen molar-refractivity contribution in [2.75, 3.05) is 6.54 Å². The fraction of sp³-hybridized carbons (Fsp3) is 0.625. The average Bonchev–Trinajstić information content (AvgIpc) is 2.32. The number of benzene rings is 1. The Kier molecular flexibility index (Phi) is 6.73. The molecule has 0 heterocycles. The minimum absolute atomic E-state index is 0.645. The molecule has 18 heavy (non-hydrogen) atoms. The second-order valence-electron chi connectivity index (χ2n) is 5.43. The molecule has 1 aromatic carbocycles. The van der Waals surface area contributed by atoms with Gasteiger partial charge in [-0.2, -0.15) is 0 Å². The number of aryl methyl sites for hydroxylation is 2. The highest BCUT2D eigenvalue weighted by atomic mass is 35.5. The van der Waals surface area contributed by atoms with E-state index in [4.69, 9.17) is 17.3 Å². The summed E-state index contributed by atoms with van der Waals surface area (Å²) in [5.41, 5.74) is 9.57. The number of halogens is 1. The summed E-state index contributed by atoms with van der Waals surface area (Å²) in [6.07, 6.45) is 5.46. The Bertz CT molecular complexity index is 372. The van der Waals surface area contributed by atoms with Gasteiger partial charge in [0.1, 0.15) is 0 Å². The van der Waals surface area contributed by atoms with Gasteiger partial charge in [0.05, 0.1) is 0 Å². The second kappa shape index (κ2) is 7.81. The number of hydrogen-bond donors (Lipinski definition) is 1.